The molecule has 3 aromatic carbocycles. The van der Waals surface area contributed by atoms with E-state index < -0.39 is 36.9 Å². The second kappa shape index (κ2) is 9.80. The van der Waals surface area contributed by atoms with Crippen molar-refractivity contribution in [1.82, 2.24) is 4.90 Å². The third kappa shape index (κ3) is 3.95. The third-order valence-corrected chi connectivity index (χ3v) is 8.45. The molecule has 1 N–H and O–H groups in total. The fourth-order valence-corrected chi connectivity index (χ4v) is 6.79. The summed E-state index contributed by atoms with van der Waals surface area (Å²) >= 11 is 0. The van der Waals surface area contributed by atoms with Crippen LogP contribution < -0.4 is 5.32 Å². The summed E-state index contributed by atoms with van der Waals surface area (Å²) < 4.78 is 5.23. The van der Waals surface area contributed by atoms with Crippen molar-refractivity contribution in [2.75, 3.05) is 18.5 Å². The van der Waals surface area contributed by atoms with Crippen LogP contribution in [0.2, 0.25) is 0 Å². The molecule has 7 rings (SSSR count). The number of benzene rings is 3. The van der Waals surface area contributed by atoms with E-state index in [0.29, 0.717) is 0 Å². The largest absolute Gasteiger partial charge is 0.454 e. The normalized spacial score (nSPS) is 22.3. The molecule has 0 saturated carbocycles. The topological polar surface area (TPSA) is 92.8 Å². The average molecular weight is 523 g/mol. The molecular formula is C32H30N2O5. The van der Waals surface area contributed by atoms with Crippen LogP contribution in [0, 0.1) is 11.8 Å². The zero-order valence-corrected chi connectivity index (χ0v) is 22.0. The minimum absolute atomic E-state index is 0.234. The molecule has 1 fully saturated rings. The first-order valence-corrected chi connectivity index (χ1v) is 13.5. The number of para-hydroxylation sites is 1. The van der Waals surface area contributed by atoms with Crippen LogP contribution in [-0.2, 0) is 36.8 Å². The van der Waals surface area contributed by atoms with Crippen molar-refractivity contribution in [2.45, 2.75) is 38.5 Å². The smallest absolute Gasteiger partial charge is 0.326 e. The Morgan fingerprint density at radius 2 is 1.21 bits per heavy atom. The number of esters is 1. The first-order valence-electron chi connectivity index (χ1n) is 13.5. The molecule has 4 aliphatic rings. The molecule has 2 atom stereocenters. The minimum atomic E-state index is -0.785. The highest BCUT2D eigenvalue weighted by molar-refractivity contribution is 6.09. The summed E-state index contributed by atoms with van der Waals surface area (Å²) in [6, 6.07) is 21.8. The van der Waals surface area contributed by atoms with Crippen LogP contribution >= 0.6 is 0 Å². The summed E-state index contributed by atoms with van der Waals surface area (Å²) in [7, 11) is 0. The summed E-state index contributed by atoms with van der Waals surface area (Å²) in [5.41, 5.74) is 7.04. The quantitative estimate of drug-likeness (QED) is 0.371. The van der Waals surface area contributed by atoms with Crippen LogP contribution in [0.5, 0.6) is 0 Å². The molecule has 1 aliphatic heterocycles. The van der Waals surface area contributed by atoms with E-state index >= 15 is 0 Å². The first-order chi connectivity index (χ1) is 18.9. The number of nitrogens with one attached hydrogen (secondary N) is 1. The van der Waals surface area contributed by atoms with Crippen LogP contribution in [-0.4, -0.2) is 41.7 Å². The van der Waals surface area contributed by atoms with E-state index in [9.17, 15) is 19.2 Å². The van der Waals surface area contributed by atoms with Crippen molar-refractivity contribution in [3.63, 3.8) is 0 Å². The number of carbonyl (C=O) groups is 4. The monoisotopic (exact) mass is 522 g/mol. The number of carbonyl (C=O) groups excluding carboxylic acids is 4. The van der Waals surface area contributed by atoms with Crippen molar-refractivity contribution >= 4 is 29.4 Å². The molecule has 0 unspecified atom stereocenters. The molecule has 7 heteroatoms. The second-order valence-corrected chi connectivity index (χ2v) is 10.4. The fraction of sp³-hybridized carbons (Fsp3) is 0.312. The Morgan fingerprint density at radius 3 is 1.64 bits per heavy atom. The Labute approximate surface area is 227 Å². The number of amides is 3. The summed E-state index contributed by atoms with van der Waals surface area (Å²) in [5.74, 6) is -3.53. The maximum Gasteiger partial charge on any atom is 0.326 e. The van der Waals surface area contributed by atoms with Crippen LogP contribution in [0.25, 0.3) is 0 Å². The van der Waals surface area contributed by atoms with Gasteiger partial charge in [0, 0.05) is 17.5 Å². The molecule has 0 radical (unpaired) electrons. The van der Waals surface area contributed by atoms with Gasteiger partial charge in [0.2, 0.25) is 11.8 Å². The van der Waals surface area contributed by atoms with Crippen LogP contribution in [0.3, 0.4) is 0 Å². The van der Waals surface area contributed by atoms with Crippen molar-refractivity contribution in [3.05, 3.63) is 100 Å². The molecule has 3 amide bonds. The van der Waals surface area contributed by atoms with Crippen LogP contribution in [0.1, 0.15) is 59.1 Å². The predicted molar refractivity (Wildman–Crippen MR) is 145 cm³/mol. The second-order valence-electron chi connectivity index (χ2n) is 10.4. The van der Waals surface area contributed by atoms with Gasteiger partial charge < -0.3 is 10.1 Å². The molecule has 1 heterocycles. The van der Waals surface area contributed by atoms with E-state index in [0.717, 1.165) is 56.8 Å². The number of likely N-dealkylation sites (tertiary alicyclic amines) is 1. The van der Waals surface area contributed by atoms with E-state index in [-0.39, 0.29) is 23.7 Å². The van der Waals surface area contributed by atoms with Crippen LogP contribution in [0.4, 0.5) is 5.69 Å². The summed E-state index contributed by atoms with van der Waals surface area (Å²) in [4.78, 5) is 53.7. The van der Waals surface area contributed by atoms with Gasteiger partial charge in [-0.3, -0.25) is 24.1 Å². The van der Waals surface area contributed by atoms with Gasteiger partial charge in [-0.25, -0.2) is 0 Å². The van der Waals surface area contributed by atoms with Gasteiger partial charge in [-0.2, -0.15) is 0 Å². The van der Waals surface area contributed by atoms with Gasteiger partial charge in [-0.1, -0.05) is 80.6 Å². The molecular weight excluding hydrogens is 492 g/mol. The van der Waals surface area contributed by atoms with Gasteiger partial charge in [-0.15, -0.1) is 0 Å². The Morgan fingerprint density at radius 1 is 0.744 bits per heavy atom. The highest BCUT2D eigenvalue weighted by atomic mass is 16.5. The number of imide groups is 1. The van der Waals surface area contributed by atoms with Gasteiger partial charge >= 0.3 is 5.97 Å². The molecule has 39 heavy (non-hydrogen) atoms. The lowest BCUT2D eigenvalue weighted by atomic mass is 9.55. The van der Waals surface area contributed by atoms with Crippen LogP contribution in [0.15, 0.2) is 66.7 Å². The number of hydrogen-bond acceptors (Lipinski definition) is 5. The molecule has 3 aliphatic carbocycles. The van der Waals surface area contributed by atoms with Crippen molar-refractivity contribution in [2.24, 2.45) is 11.8 Å². The Bertz CT molecular complexity index is 1370. The Hall–Kier alpha value is -4.26. The number of aryl methyl sites for hydroxylation is 2. The lowest BCUT2D eigenvalue weighted by Crippen LogP contribution is -2.41. The number of rotatable bonds is 7. The maximum absolute atomic E-state index is 13.6. The molecule has 3 aromatic rings. The van der Waals surface area contributed by atoms with Gasteiger partial charge in [0.25, 0.3) is 5.91 Å². The van der Waals surface area contributed by atoms with Crippen molar-refractivity contribution < 1.29 is 23.9 Å². The van der Waals surface area contributed by atoms with E-state index in [4.69, 9.17) is 4.74 Å². The Kier molecular flexibility index (Phi) is 6.29. The predicted octanol–water partition coefficient (Wildman–Crippen LogP) is 4.19. The summed E-state index contributed by atoms with van der Waals surface area (Å²) in [5, 5.41) is 2.86. The number of ether oxygens (including phenoxy) is 1. The average Bonchev–Trinajstić information content (AvgIpc) is 3.21. The summed E-state index contributed by atoms with van der Waals surface area (Å²) in [6.45, 7) is 3.02. The minimum Gasteiger partial charge on any atom is -0.454 e. The lowest BCUT2D eigenvalue weighted by Gasteiger charge is -2.45. The fourth-order valence-electron chi connectivity index (χ4n) is 6.79. The molecule has 0 spiro atoms. The van der Waals surface area contributed by atoms with E-state index in [1.165, 1.54) is 0 Å². The molecule has 1 saturated heterocycles. The highest BCUT2D eigenvalue weighted by Gasteiger charge is 2.61. The standard InChI is InChI=1S/C32H30N2O5/c1-3-18-10-9-11-19(4-2)30(18)33-24(35)17-39-25(36)16-34-31(37)28-26-20-12-5-6-13-21(20)27(29(28)32(34)38)23-15-8-7-14-22(23)26/h5-15,26-29H,3-4,16-17H2,1-2H3,(H,33,35)/t26?,27?,28-,29-/m1/s1. The third-order valence-electron chi connectivity index (χ3n) is 8.45. The van der Waals surface area contributed by atoms with Gasteiger partial charge in [0.15, 0.2) is 6.61 Å². The Balaban J connectivity index is 1.17. The van der Waals surface area contributed by atoms with Gasteiger partial charge in [0.05, 0.1) is 11.8 Å². The van der Waals surface area contributed by atoms with Crippen molar-refractivity contribution in [1.29, 1.82) is 0 Å². The first kappa shape index (κ1) is 25.0. The molecule has 0 aromatic heterocycles. The molecule has 2 bridgehead atoms. The summed E-state index contributed by atoms with van der Waals surface area (Å²) in [6.07, 6.45) is 1.50. The number of hydrogen-bond donors (Lipinski definition) is 1. The van der Waals surface area contributed by atoms with Crippen molar-refractivity contribution in [3.8, 4) is 0 Å². The van der Waals surface area contributed by atoms with E-state index in [1.54, 1.807) is 0 Å². The van der Waals surface area contributed by atoms with E-state index in [1.807, 2.05) is 80.6 Å². The van der Waals surface area contributed by atoms with Gasteiger partial charge in [-0.05, 0) is 46.2 Å². The van der Waals surface area contributed by atoms with Gasteiger partial charge in [0.1, 0.15) is 6.54 Å². The molecule has 198 valence electrons. The van der Waals surface area contributed by atoms with E-state index in [2.05, 4.69) is 5.32 Å². The highest BCUT2D eigenvalue weighted by Crippen LogP contribution is 2.60. The number of nitrogens with zero attached hydrogens (tertiary/aromatic N) is 1. The lowest BCUT2D eigenvalue weighted by molar-refractivity contribution is -0.154. The molecule has 7 nitrogen and oxygen atoms in total. The SMILES string of the molecule is CCc1cccc(CC)c1NC(=O)COC(=O)CN1C(=O)[C@@H]2C3c4ccccc4C(c4ccccc43)[C@H]2C1=O. The number of anilines is 1. The maximum atomic E-state index is 13.6. The zero-order valence-electron chi connectivity index (χ0n) is 22.0. The zero-order chi connectivity index (χ0) is 27.3.